The highest BCUT2D eigenvalue weighted by Crippen LogP contribution is 2.50. The van der Waals surface area contributed by atoms with Gasteiger partial charge in [-0.05, 0) is 60.1 Å². The SMILES string of the molecule is CC(C)(C)C1=CC(CCC(=O)NNC(=O)CCc2cc(C(C)(C)C)c3c(c2)C(C)(C)O3)=CC(C(C)(C)C)C1O. The van der Waals surface area contributed by atoms with Crippen LogP contribution in [0, 0.1) is 16.7 Å². The second kappa shape index (κ2) is 10.8. The average molecular weight is 539 g/mol. The van der Waals surface area contributed by atoms with E-state index in [1.54, 1.807) is 0 Å². The molecule has 0 bridgehead atoms. The Hall–Kier alpha value is -2.60. The standard InChI is InChI=1S/C33H50N2O4/c1-30(2,3)22-16-20(17-23(28(22)38)31(4,5)6)12-14-26(36)34-35-27(37)15-13-21-18-24(32(7,8)9)29-25(19-21)33(10,11)39-29/h16-19,22,28,38H,12-15H2,1-11H3,(H,34,36)(H,35,37). The Balaban J connectivity index is 1.55. The largest absolute Gasteiger partial charge is 0.482 e. The molecular weight excluding hydrogens is 488 g/mol. The molecule has 2 unspecified atom stereocenters. The van der Waals surface area contributed by atoms with Crippen LogP contribution in [-0.2, 0) is 27.0 Å². The maximum absolute atomic E-state index is 12.6. The molecule has 1 aromatic carbocycles. The van der Waals surface area contributed by atoms with Gasteiger partial charge in [0.1, 0.15) is 11.4 Å². The Morgan fingerprint density at radius 3 is 1.95 bits per heavy atom. The van der Waals surface area contributed by atoms with E-state index in [4.69, 9.17) is 4.74 Å². The molecule has 1 heterocycles. The van der Waals surface area contributed by atoms with Crippen LogP contribution in [0.5, 0.6) is 5.75 Å². The van der Waals surface area contributed by atoms with E-state index in [1.165, 1.54) is 5.56 Å². The quantitative estimate of drug-likeness (QED) is 0.365. The Bertz CT molecular complexity index is 1170. The van der Waals surface area contributed by atoms with E-state index in [-0.39, 0.29) is 52.4 Å². The van der Waals surface area contributed by atoms with Crippen LogP contribution in [0.25, 0.3) is 0 Å². The van der Waals surface area contributed by atoms with E-state index in [0.717, 1.165) is 28.0 Å². The number of carbonyl (C=O) groups excluding carboxylic acids is 2. The van der Waals surface area contributed by atoms with Crippen molar-refractivity contribution >= 4 is 11.8 Å². The zero-order chi connectivity index (χ0) is 29.6. The summed E-state index contributed by atoms with van der Waals surface area (Å²) >= 11 is 0. The predicted molar refractivity (Wildman–Crippen MR) is 157 cm³/mol. The topological polar surface area (TPSA) is 87.7 Å². The summed E-state index contributed by atoms with van der Waals surface area (Å²) in [6, 6.07) is 4.28. The summed E-state index contributed by atoms with van der Waals surface area (Å²) in [6.45, 7) is 23.3. The van der Waals surface area contributed by atoms with Gasteiger partial charge in [-0.1, -0.05) is 86.1 Å². The van der Waals surface area contributed by atoms with Gasteiger partial charge in [0.25, 0.3) is 0 Å². The zero-order valence-corrected chi connectivity index (χ0v) is 26.0. The molecule has 39 heavy (non-hydrogen) atoms. The first kappa shape index (κ1) is 30.9. The number of nitrogens with one attached hydrogen (secondary N) is 2. The van der Waals surface area contributed by atoms with Crippen molar-refractivity contribution in [3.8, 4) is 5.75 Å². The Kier molecular flexibility index (Phi) is 8.53. The van der Waals surface area contributed by atoms with Crippen LogP contribution in [0.1, 0.15) is 112 Å². The molecule has 0 saturated carbocycles. The molecule has 3 rings (SSSR count). The first-order chi connectivity index (χ1) is 17.7. The monoisotopic (exact) mass is 538 g/mol. The van der Waals surface area contributed by atoms with Crippen molar-refractivity contribution in [3.05, 3.63) is 52.1 Å². The number of hydrogen-bond acceptors (Lipinski definition) is 4. The zero-order valence-electron chi connectivity index (χ0n) is 26.0. The van der Waals surface area contributed by atoms with Gasteiger partial charge >= 0.3 is 0 Å². The predicted octanol–water partition coefficient (Wildman–Crippen LogP) is 6.41. The minimum Gasteiger partial charge on any atom is -0.482 e. The van der Waals surface area contributed by atoms with Crippen LogP contribution in [0.15, 0.2) is 35.4 Å². The molecule has 0 saturated heterocycles. The molecular formula is C33H50N2O4. The maximum atomic E-state index is 12.6. The van der Waals surface area contributed by atoms with Gasteiger partial charge in [0.2, 0.25) is 11.8 Å². The molecule has 3 N–H and O–H groups in total. The minimum absolute atomic E-state index is 0.0275. The van der Waals surface area contributed by atoms with E-state index >= 15 is 0 Å². The summed E-state index contributed by atoms with van der Waals surface area (Å²) in [6.07, 6.45) is 5.27. The van der Waals surface area contributed by atoms with E-state index in [0.29, 0.717) is 12.8 Å². The lowest BCUT2D eigenvalue weighted by atomic mass is 9.67. The van der Waals surface area contributed by atoms with Gasteiger partial charge in [-0.3, -0.25) is 20.4 Å². The lowest BCUT2D eigenvalue weighted by Gasteiger charge is -2.42. The van der Waals surface area contributed by atoms with E-state index in [1.807, 2.05) is 6.08 Å². The van der Waals surface area contributed by atoms with Crippen LogP contribution in [-0.4, -0.2) is 23.0 Å². The van der Waals surface area contributed by atoms with Gasteiger partial charge in [0, 0.05) is 29.9 Å². The second-order valence-corrected chi connectivity index (χ2v) is 14.9. The third-order valence-corrected chi connectivity index (χ3v) is 7.84. The lowest BCUT2D eigenvalue weighted by Crippen LogP contribution is -2.41. The van der Waals surface area contributed by atoms with Gasteiger partial charge in [0.05, 0.1) is 6.10 Å². The number of aliphatic hydroxyl groups is 1. The lowest BCUT2D eigenvalue weighted by molar-refractivity contribution is -0.128. The fraction of sp³-hybridized carbons (Fsp3) is 0.636. The van der Waals surface area contributed by atoms with Crippen LogP contribution in [0.4, 0.5) is 0 Å². The van der Waals surface area contributed by atoms with Gasteiger partial charge < -0.3 is 9.84 Å². The molecule has 6 nitrogen and oxygen atoms in total. The smallest absolute Gasteiger partial charge is 0.238 e. The number of allylic oxidation sites excluding steroid dienone is 2. The highest BCUT2D eigenvalue weighted by molar-refractivity contribution is 5.82. The number of fused-ring (bicyclic) bond motifs is 1. The van der Waals surface area contributed by atoms with Crippen LogP contribution in [0.3, 0.4) is 0 Å². The highest BCUT2D eigenvalue weighted by Gasteiger charge is 2.41. The molecule has 1 aromatic rings. The highest BCUT2D eigenvalue weighted by atomic mass is 16.5. The molecule has 2 amide bonds. The number of hydrogen-bond donors (Lipinski definition) is 3. The minimum atomic E-state index is -0.541. The van der Waals surface area contributed by atoms with E-state index < -0.39 is 6.10 Å². The number of rotatable bonds is 6. The number of carbonyl (C=O) groups is 2. The second-order valence-electron chi connectivity index (χ2n) is 14.9. The maximum Gasteiger partial charge on any atom is 0.238 e. The number of benzene rings is 1. The van der Waals surface area contributed by atoms with Crippen molar-refractivity contribution in [1.82, 2.24) is 10.9 Å². The van der Waals surface area contributed by atoms with Gasteiger partial charge in [-0.15, -0.1) is 0 Å². The Morgan fingerprint density at radius 1 is 0.897 bits per heavy atom. The Morgan fingerprint density at radius 2 is 1.46 bits per heavy atom. The molecule has 1 aliphatic heterocycles. The average Bonchev–Trinajstić information content (AvgIpc) is 2.78. The van der Waals surface area contributed by atoms with Crippen LogP contribution in [0.2, 0.25) is 0 Å². The summed E-state index contributed by atoms with van der Waals surface area (Å²) < 4.78 is 6.05. The molecule has 1 aliphatic carbocycles. The summed E-state index contributed by atoms with van der Waals surface area (Å²) in [5.41, 5.74) is 9.97. The number of amides is 2. The van der Waals surface area contributed by atoms with Crippen molar-refractivity contribution in [2.45, 2.75) is 119 Å². The Labute approximate surface area is 235 Å². The van der Waals surface area contributed by atoms with Crippen molar-refractivity contribution in [2.24, 2.45) is 16.7 Å². The molecule has 0 aromatic heterocycles. The molecule has 6 heteroatoms. The number of hydrazine groups is 1. The molecule has 216 valence electrons. The molecule has 2 aliphatic rings. The van der Waals surface area contributed by atoms with Gasteiger partial charge in [-0.2, -0.15) is 0 Å². The summed E-state index contributed by atoms with van der Waals surface area (Å²) in [5.74, 6) is 0.485. The number of ether oxygens (including phenoxy) is 1. The summed E-state index contributed by atoms with van der Waals surface area (Å²) in [7, 11) is 0. The van der Waals surface area contributed by atoms with Crippen molar-refractivity contribution in [2.75, 3.05) is 0 Å². The molecule has 0 spiro atoms. The summed E-state index contributed by atoms with van der Waals surface area (Å²) in [4.78, 5) is 25.1. The fourth-order valence-corrected chi connectivity index (χ4v) is 5.38. The van der Waals surface area contributed by atoms with Crippen LogP contribution < -0.4 is 15.6 Å². The summed E-state index contributed by atoms with van der Waals surface area (Å²) in [5, 5.41) is 11.0. The molecule has 0 fully saturated rings. The third kappa shape index (κ3) is 7.33. The van der Waals surface area contributed by atoms with Crippen molar-refractivity contribution < 1.29 is 19.4 Å². The normalized spacial score (nSPS) is 20.6. The first-order valence-electron chi connectivity index (χ1n) is 14.3. The van der Waals surface area contributed by atoms with Crippen molar-refractivity contribution in [1.29, 1.82) is 0 Å². The first-order valence-corrected chi connectivity index (χ1v) is 14.3. The van der Waals surface area contributed by atoms with Crippen molar-refractivity contribution in [3.63, 3.8) is 0 Å². The molecule has 0 radical (unpaired) electrons. The fourth-order valence-electron chi connectivity index (χ4n) is 5.38. The van der Waals surface area contributed by atoms with Gasteiger partial charge in [-0.25, -0.2) is 0 Å². The van der Waals surface area contributed by atoms with E-state index in [2.05, 4.69) is 105 Å². The number of aliphatic hydroxyl groups excluding tert-OH is 1. The van der Waals surface area contributed by atoms with Crippen LogP contribution >= 0.6 is 0 Å². The van der Waals surface area contributed by atoms with E-state index in [9.17, 15) is 14.7 Å². The number of aryl methyl sites for hydroxylation is 1. The van der Waals surface area contributed by atoms with Gasteiger partial charge in [0.15, 0.2) is 0 Å². The third-order valence-electron chi connectivity index (χ3n) is 7.84. The molecule has 2 atom stereocenters.